The number of aromatic nitrogens is 2. The predicted octanol–water partition coefficient (Wildman–Crippen LogP) is 1.61. The highest BCUT2D eigenvalue weighted by molar-refractivity contribution is 7.17. The number of fused-ring (bicyclic) bond motifs is 3. The van der Waals surface area contributed by atoms with Crippen LogP contribution in [0.25, 0.3) is 21.1 Å². The van der Waals surface area contributed by atoms with Crippen molar-refractivity contribution in [1.29, 1.82) is 0 Å². The first-order chi connectivity index (χ1) is 12.3. The zero-order valence-electron chi connectivity index (χ0n) is 14.4. The SMILES string of the molecule is CCn1cc(C(=O)OCOC(C)=O)c(=O)c2c3sc(=O)n(C)c3ccc21. The Bertz CT molecular complexity index is 1150. The van der Waals surface area contributed by atoms with Gasteiger partial charge in [-0.1, -0.05) is 11.3 Å². The monoisotopic (exact) mass is 376 g/mol. The summed E-state index contributed by atoms with van der Waals surface area (Å²) in [5.41, 5.74) is 0.550. The topological polar surface area (TPSA) is 96.6 Å². The van der Waals surface area contributed by atoms with Gasteiger partial charge in [-0.25, -0.2) is 4.79 Å². The first-order valence-corrected chi connectivity index (χ1v) is 8.63. The Morgan fingerprint density at radius 2 is 1.85 bits per heavy atom. The van der Waals surface area contributed by atoms with E-state index in [-0.39, 0.29) is 10.4 Å². The van der Waals surface area contributed by atoms with E-state index in [1.807, 2.05) is 6.92 Å². The molecule has 136 valence electrons. The number of rotatable bonds is 4. The molecule has 8 nitrogen and oxygen atoms in total. The minimum absolute atomic E-state index is 0.178. The van der Waals surface area contributed by atoms with E-state index in [4.69, 9.17) is 4.74 Å². The number of carbonyl (C=O) groups excluding carboxylic acids is 2. The molecular weight excluding hydrogens is 360 g/mol. The summed E-state index contributed by atoms with van der Waals surface area (Å²) in [6.45, 7) is 2.99. The van der Waals surface area contributed by atoms with Gasteiger partial charge in [-0.2, -0.15) is 0 Å². The molecule has 0 saturated carbocycles. The average Bonchev–Trinajstić information content (AvgIpc) is 2.89. The highest BCUT2D eigenvalue weighted by Crippen LogP contribution is 2.25. The van der Waals surface area contributed by atoms with Crippen molar-refractivity contribution in [3.05, 3.63) is 43.8 Å². The van der Waals surface area contributed by atoms with Gasteiger partial charge in [0.05, 0.1) is 21.1 Å². The van der Waals surface area contributed by atoms with Gasteiger partial charge in [0.25, 0.3) is 0 Å². The maximum absolute atomic E-state index is 12.9. The Morgan fingerprint density at radius 3 is 2.50 bits per heavy atom. The van der Waals surface area contributed by atoms with Gasteiger partial charge in [-0.3, -0.25) is 14.4 Å². The quantitative estimate of drug-likeness (QED) is 0.507. The van der Waals surface area contributed by atoms with Crippen molar-refractivity contribution >= 4 is 44.4 Å². The number of ether oxygens (including phenoxy) is 2. The molecule has 2 heterocycles. The summed E-state index contributed by atoms with van der Waals surface area (Å²) >= 11 is 0.956. The maximum Gasteiger partial charge on any atom is 0.346 e. The number of benzene rings is 1. The molecule has 0 atom stereocenters. The smallest absolute Gasteiger partial charge is 0.346 e. The normalized spacial score (nSPS) is 11.0. The van der Waals surface area contributed by atoms with Gasteiger partial charge in [0.15, 0.2) is 0 Å². The summed E-state index contributed by atoms with van der Waals surface area (Å²) in [6.07, 6.45) is 1.41. The fraction of sp³-hybridized carbons (Fsp3) is 0.294. The largest absolute Gasteiger partial charge is 0.428 e. The number of carbonyl (C=O) groups is 2. The number of pyridine rings is 1. The zero-order chi connectivity index (χ0) is 19.0. The Balaban J connectivity index is 2.23. The van der Waals surface area contributed by atoms with Crippen LogP contribution in [0.3, 0.4) is 0 Å². The lowest BCUT2D eigenvalue weighted by Crippen LogP contribution is -2.22. The highest BCUT2D eigenvalue weighted by Gasteiger charge is 2.20. The van der Waals surface area contributed by atoms with Crippen LogP contribution in [0.5, 0.6) is 0 Å². The van der Waals surface area contributed by atoms with E-state index >= 15 is 0 Å². The first-order valence-electron chi connectivity index (χ1n) is 7.81. The fourth-order valence-electron chi connectivity index (χ4n) is 2.71. The zero-order valence-corrected chi connectivity index (χ0v) is 15.2. The molecule has 0 aliphatic carbocycles. The van der Waals surface area contributed by atoms with Crippen LogP contribution in [0.1, 0.15) is 24.2 Å². The van der Waals surface area contributed by atoms with Crippen LogP contribution in [0.4, 0.5) is 0 Å². The molecule has 2 aromatic heterocycles. The number of hydrogen-bond acceptors (Lipinski definition) is 7. The van der Waals surface area contributed by atoms with Gasteiger partial charge in [-0.15, -0.1) is 0 Å². The summed E-state index contributed by atoms with van der Waals surface area (Å²) in [4.78, 5) is 47.8. The highest BCUT2D eigenvalue weighted by atomic mass is 32.1. The second kappa shape index (κ2) is 6.75. The molecule has 0 spiro atoms. The second-order valence-corrected chi connectivity index (χ2v) is 6.54. The first kappa shape index (κ1) is 17.9. The van der Waals surface area contributed by atoms with Gasteiger partial charge >= 0.3 is 16.8 Å². The number of aryl methyl sites for hydroxylation is 2. The van der Waals surface area contributed by atoms with E-state index in [2.05, 4.69) is 4.74 Å². The molecule has 0 bridgehead atoms. The molecule has 0 fully saturated rings. The molecule has 0 aliphatic heterocycles. The van der Waals surface area contributed by atoms with Gasteiger partial charge in [0.2, 0.25) is 12.2 Å². The third kappa shape index (κ3) is 2.90. The van der Waals surface area contributed by atoms with Crippen molar-refractivity contribution in [1.82, 2.24) is 9.13 Å². The third-order valence-electron chi connectivity index (χ3n) is 4.02. The molecule has 3 aromatic rings. The van der Waals surface area contributed by atoms with Crippen LogP contribution in [0.2, 0.25) is 0 Å². The van der Waals surface area contributed by atoms with Crippen molar-refractivity contribution < 1.29 is 19.1 Å². The van der Waals surface area contributed by atoms with Crippen molar-refractivity contribution in [2.45, 2.75) is 20.4 Å². The van der Waals surface area contributed by atoms with Gasteiger partial charge in [-0.05, 0) is 19.1 Å². The Morgan fingerprint density at radius 1 is 1.15 bits per heavy atom. The van der Waals surface area contributed by atoms with Crippen LogP contribution in [0.15, 0.2) is 27.9 Å². The van der Waals surface area contributed by atoms with Crippen LogP contribution >= 0.6 is 11.3 Å². The molecule has 0 aliphatic rings. The second-order valence-electron chi connectivity index (χ2n) is 5.58. The number of hydrogen-bond donors (Lipinski definition) is 0. The minimum atomic E-state index is -0.888. The molecule has 0 N–H and O–H groups in total. The van der Waals surface area contributed by atoms with E-state index < -0.39 is 24.2 Å². The summed E-state index contributed by atoms with van der Waals surface area (Å²) in [7, 11) is 1.63. The lowest BCUT2D eigenvalue weighted by molar-refractivity contribution is -0.149. The molecule has 1 aromatic carbocycles. The molecule has 0 amide bonds. The lowest BCUT2D eigenvalue weighted by Gasteiger charge is -2.12. The van der Waals surface area contributed by atoms with Gasteiger partial charge in [0, 0.05) is 26.7 Å². The summed E-state index contributed by atoms with van der Waals surface area (Å²) in [6, 6.07) is 3.53. The summed E-state index contributed by atoms with van der Waals surface area (Å²) in [5, 5.41) is 0.300. The van der Waals surface area contributed by atoms with Crippen LogP contribution in [0, 0.1) is 0 Å². The third-order valence-corrected chi connectivity index (χ3v) is 5.08. The van der Waals surface area contributed by atoms with E-state index in [1.54, 1.807) is 23.7 Å². The van der Waals surface area contributed by atoms with E-state index in [1.165, 1.54) is 17.7 Å². The maximum atomic E-state index is 12.9. The van der Waals surface area contributed by atoms with Crippen molar-refractivity contribution in [2.24, 2.45) is 7.05 Å². The molecule has 0 saturated heterocycles. The van der Waals surface area contributed by atoms with Crippen LogP contribution in [-0.2, 0) is 27.9 Å². The van der Waals surface area contributed by atoms with E-state index in [0.29, 0.717) is 27.7 Å². The molecule has 0 radical (unpaired) electrons. The van der Waals surface area contributed by atoms with Crippen molar-refractivity contribution in [3.8, 4) is 0 Å². The van der Waals surface area contributed by atoms with Gasteiger partial charge < -0.3 is 18.6 Å². The van der Waals surface area contributed by atoms with E-state index in [0.717, 1.165) is 11.3 Å². The van der Waals surface area contributed by atoms with Crippen molar-refractivity contribution in [2.75, 3.05) is 6.79 Å². The van der Waals surface area contributed by atoms with Crippen LogP contribution in [-0.4, -0.2) is 27.9 Å². The molecular formula is C17H16N2O6S. The van der Waals surface area contributed by atoms with E-state index in [9.17, 15) is 19.2 Å². The molecule has 3 rings (SSSR count). The standard InChI is InChI=1S/C17H16N2O6S/c1-4-19-7-10(16(22)25-8-24-9(2)20)14(21)13-11(19)5-6-12-15(13)26-17(23)18(12)3/h5-7H,4,8H2,1-3H3. The fourth-order valence-corrected chi connectivity index (χ4v) is 3.73. The average molecular weight is 376 g/mol. The Kier molecular flexibility index (Phi) is 4.64. The van der Waals surface area contributed by atoms with Crippen LogP contribution < -0.4 is 10.3 Å². The summed E-state index contributed by atoms with van der Waals surface area (Å²) in [5.74, 6) is -1.49. The van der Waals surface area contributed by atoms with Gasteiger partial charge in [0.1, 0.15) is 5.56 Å². The minimum Gasteiger partial charge on any atom is -0.428 e. The molecule has 9 heteroatoms. The van der Waals surface area contributed by atoms with Crippen molar-refractivity contribution in [3.63, 3.8) is 0 Å². The lowest BCUT2D eigenvalue weighted by atomic mass is 10.1. The number of nitrogens with zero attached hydrogens (tertiary/aromatic N) is 2. The Hall–Kier alpha value is -2.94. The Labute approximate surface area is 151 Å². The predicted molar refractivity (Wildman–Crippen MR) is 96.6 cm³/mol. The number of thiazole rings is 1. The molecule has 26 heavy (non-hydrogen) atoms. The summed E-state index contributed by atoms with van der Waals surface area (Å²) < 4.78 is 13.1. The molecule has 0 unspecified atom stereocenters. The number of esters is 2.